The number of anilines is 3. The number of fused-ring (bicyclic) bond motifs is 1. The van der Waals surface area contributed by atoms with E-state index in [9.17, 15) is 9.59 Å². The van der Waals surface area contributed by atoms with Gasteiger partial charge in [-0.1, -0.05) is 0 Å². The van der Waals surface area contributed by atoms with Crippen LogP contribution in [0.4, 0.5) is 17.3 Å². The van der Waals surface area contributed by atoms with E-state index in [2.05, 4.69) is 26.0 Å². The van der Waals surface area contributed by atoms with Crippen molar-refractivity contribution in [2.24, 2.45) is 7.05 Å². The van der Waals surface area contributed by atoms with Crippen molar-refractivity contribution in [3.05, 3.63) is 46.5 Å². The topological polar surface area (TPSA) is 115 Å². The van der Waals surface area contributed by atoms with E-state index >= 15 is 0 Å². The Hall–Kier alpha value is -3.40. The molecule has 28 heavy (non-hydrogen) atoms. The Kier molecular flexibility index (Phi) is 4.70. The molecule has 1 unspecified atom stereocenters. The fraction of sp³-hybridized carbons (Fsp3) is 0.333. The molecule has 10 heteroatoms. The summed E-state index contributed by atoms with van der Waals surface area (Å²) in [5.74, 6) is 0.801. The van der Waals surface area contributed by atoms with Crippen molar-refractivity contribution < 1.29 is 9.53 Å². The molecule has 146 valence electrons. The maximum absolute atomic E-state index is 12.7. The molecule has 0 spiro atoms. The van der Waals surface area contributed by atoms with Crippen LogP contribution in [0.5, 0.6) is 0 Å². The number of hydrogen-bond donors (Lipinski definition) is 3. The number of nitrogens with zero attached hydrogens (tertiary/aromatic N) is 4. The number of amides is 1. The molecule has 3 aromatic rings. The highest BCUT2D eigenvalue weighted by molar-refractivity contribution is 6.00. The fourth-order valence-electron chi connectivity index (χ4n) is 3.11. The Labute approximate surface area is 160 Å². The summed E-state index contributed by atoms with van der Waals surface area (Å²) in [6, 6.07) is 5.15. The summed E-state index contributed by atoms with van der Waals surface area (Å²) >= 11 is 0. The second-order valence-electron chi connectivity index (χ2n) is 6.57. The summed E-state index contributed by atoms with van der Waals surface area (Å²) in [7, 11) is 3.42. The molecule has 10 nitrogen and oxygen atoms in total. The molecule has 0 radical (unpaired) electrons. The van der Waals surface area contributed by atoms with E-state index in [-0.39, 0.29) is 17.5 Å². The third kappa shape index (κ3) is 3.29. The highest BCUT2D eigenvalue weighted by Gasteiger charge is 2.22. The van der Waals surface area contributed by atoms with Crippen molar-refractivity contribution >= 4 is 28.9 Å². The molecule has 4 heterocycles. The lowest BCUT2D eigenvalue weighted by molar-refractivity contribution is 0.0931. The molecule has 4 rings (SSSR count). The fourth-order valence-corrected chi connectivity index (χ4v) is 3.11. The number of aryl methyl sites for hydroxylation is 1. The first-order chi connectivity index (χ1) is 13.6. The number of ether oxygens (including phenoxy) is 1. The lowest BCUT2D eigenvalue weighted by Crippen LogP contribution is -2.35. The van der Waals surface area contributed by atoms with Crippen LogP contribution in [0.1, 0.15) is 16.8 Å². The van der Waals surface area contributed by atoms with Crippen LogP contribution in [0.25, 0.3) is 5.65 Å². The van der Waals surface area contributed by atoms with Gasteiger partial charge in [0.15, 0.2) is 5.65 Å². The van der Waals surface area contributed by atoms with Gasteiger partial charge in [-0.3, -0.25) is 9.59 Å². The predicted molar refractivity (Wildman–Crippen MR) is 104 cm³/mol. The third-order valence-corrected chi connectivity index (χ3v) is 4.62. The van der Waals surface area contributed by atoms with E-state index in [1.807, 2.05) is 0 Å². The third-order valence-electron chi connectivity index (χ3n) is 4.62. The molecule has 1 amide bonds. The molecule has 3 N–H and O–H groups in total. The van der Waals surface area contributed by atoms with Gasteiger partial charge in [0.05, 0.1) is 18.8 Å². The second-order valence-corrected chi connectivity index (χ2v) is 6.57. The van der Waals surface area contributed by atoms with Crippen LogP contribution >= 0.6 is 0 Å². The number of carbonyl (C=O) groups is 1. The lowest BCUT2D eigenvalue weighted by Gasteiger charge is -2.11. The molecule has 0 bridgehead atoms. The lowest BCUT2D eigenvalue weighted by atomic mass is 10.2. The zero-order valence-electron chi connectivity index (χ0n) is 15.6. The molecular formula is C18H21N7O3. The van der Waals surface area contributed by atoms with Gasteiger partial charge in [-0.2, -0.15) is 9.61 Å². The number of carbonyl (C=O) groups excluding carboxylic acids is 1. The minimum absolute atomic E-state index is 0.0140. The normalized spacial score (nSPS) is 16.3. The van der Waals surface area contributed by atoms with Crippen molar-refractivity contribution in [3.8, 4) is 0 Å². The monoisotopic (exact) mass is 383 g/mol. The summed E-state index contributed by atoms with van der Waals surface area (Å²) in [5.41, 5.74) is 0.951. The predicted octanol–water partition coefficient (Wildman–Crippen LogP) is 0.732. The summed E-state index contributed by atoms with van der Waals surface area (Å²) < 4.78 is 8.33. The van der Waals surface area contributed by atoms with Crippen LogP contribution in [0.2, 0.25) is 0 Å². The molecular weight excluding hydrogens is 362 g/mol. The SMILES string of the molecule is CNc1cc(Nc2cccn(C)c2=O)nc2c(C(=O)NC3CCOC3)cnn12. The molecule has 3 aromatic heterocycles. The number of pyridine rings is 1. The summed E-state index contributed by atoms with van der Waals surface area (Å²) in [5, 5.41) is 13.3. The Bertz CT molecular complexity index is 1080. The molecule has 0 aliphatic carbocycles. The van der Waals surface area contributed by atoms with Gasteiger partial charge in [0, 0.05) is 33.0 Å². The van der Waals surface area contributed by atoms with Crippen molar-refractivity contribution in [3.63, 3.8) is 0 Å². The first-order valence-electron chi connectivity index (χ1n) is 8.94. The Morgan fingerprint density at radius 1 is 1.39 bits per heavy atom. The van der Waals surface area contributed by atoms with Gasteiger partial charge in [-0.05, 0) is 18.6 Å². The highest BCUT2D eigenvalue weighted by atomic mass is 16.5. The van der Waals surface area contributed by atoms with E-state index in [0.717, 1.165) is 6.42 Å². The minimum Gasteiger partial charge on any atom is -0.379 e. The second kappa shape index (κ2) is 7.31. The van der Waals surface area contributed by atoms with Crippen LogP contribution in [0.3, 0.4) is 0 Å². The largest absolute Gasteiger partial charge is 0.379 e. The van der Waals surface area contributed by atoms with E-state index in [4.69, 9.17) is 4.74 Å². The van der Waals surface area contributed by atoms with Gasteiger partial charge in [0.2, 0.25) is 0 Å². The standard InChI is InChI=1S/C18H21N7O3/c1-19-15-8-14(22-13-4-3-6-24(2)18(13)27)23-16-12(9-20-25(15)16)17(26)21-11-5-7-28-10-11/h3-4,6,8-9,11,19H,5,7,10H2,1-2H3,(H,21,26)(H,22,23). The first kappa shape index (κ1) is 18.0. The molecule has 1 aliphatic heterocycles. The summed E-state index contributed by atoms with van der Waals surface area (Å²) in [4.78, 5) is 29.5. The molecule has 1 saturated heterocycles. The van der Waals surface area contributed by atoms with Crippen LogP contribution in [0, 0.1) is 0 Å². The highest BCUT2D eigenvalue weighted by Crippen LogP contribution is 2.21. The number of hydrogen-bond acceptors (Lipinski definition) is 7. The average molecular weight is 383 g/mol. The number of nitrogens with one attached hydrogen (secondary N) is 3. The molecule has 0 aromatic carbocycles. The van der Waals surface area contributed by atoms with E-state index in [0.29, 0.717) is 41.7 Å². The Balaban J connectivity index is 1.71. The number of rotatable bonds is 5. The van der Waals surface area contributed by atoms with Crippen LogP contribution in [-0.4, -0.2) is 51.4 Å². The smallest absolute Gasteiger partial charge is 0.274 e. The zero-order chi connectivity index (χ0) is 19.7. The van der Waals surface area contributed by atoms with E-state index in [1.54, 1.807) is 43.0 Å². The van der Waals surface area contributed by atoms with Gasteiger partial charge in [-0.25, -0.2) is 4.98 Å². The Morgan fingerprint density at radius 2 is 2.25 bits per heavy atom. The molecule has 0 saturated carbocycles. The minimum atomic E-state index is -0.257. The van der Waals surface area contributed by atoms with E-state index in [1.165, 1.54) is 10.8 Å². The van der Waals surface area contributed by atoms with Crippen LogP contribution < -0.4 is 21.5 Å². The van der Waals surface area contributed by atoms with Crippen molar-refractivity contribution in [1.82, 2.24) is 24.5 Å². The van der Waals surface area contributed by atoms with Crippen molar-refractivity contribution in [1.29, 1.82) is 0 Å². The maximum Gasteiger partial charge on any atom is 0.274 e. The van der Waals surface area contributed by atoms with Gasteiger partial charge in [-0.15, -0.1) is 0 Å². The number of aromatic nitrogens is 4. The maximum atomic E-state index is 12.7. The van der Waals surface area contributed by atoms with Crippen molar-refractivity contribution in [2.45, 2.75) is 12.5 Å². The van der Waals surface area contributed by atoms with E-state index < -0.39 is 0 Å². The van der Waals surface area contributed by atoms with Gasteiger partial charge >= 0.3 is 0 Å². The summed E-state index contributed by atoms with van der Waals surface area (Å²) in [6.45, 7) is 1.15. The summed E-state index contributed by atoms with van der Waals surface area (Å²) in [6.07, 6.45) is 3.94. The first-order valence-corrected chi connectivity index (χ1v) is 8.94. The van der Waals surface area contributed by atoms with Crippen molar-refractivity contribution in [2.75, 3.05) is 30.9 Å². The Morgan fingerprint density at radius 3 is 3.00 bits per heavy atom. The van der Waals surface area contributed by atoms with Gasteiger partial charge in [0.25, 0.3) is 11.5 Å². The zero-order valence-corrected chi connectivity index (χ0v) is 15.6. The van der Waals surface area contributed by atoms with Gasteiger partial charge in [0.1, 0.15) is 22.9 Å². The van der Waals surface area contributed by atoms with Gasteiger partial charge < -0.3 is 25.3 Å². The molecule has 1 atom stereocenters. The van der Waals surface area contributed by atoms with Crippen LogP contribution in [0.15, 0.2) is 35.4 Å². The van der Waals surface area contributed by atoms with Crippen LogP contribution in [-0.2, 0) is 11.8 Å². The quantitative estimate of drug-likeness (QED) is 0.595. The average Bonchev–Trinajstić information content (AvgIpc) is 3.34. The molecule has 1 aliphatic rings. The molecule has 1 fully saturated rings.